The van der Waals surface area contributed by atoms with Crippen LogP contribution < -0.4 is 10.1 Å². The van der Waals surface area contributed by atoms with Gasteiger partial charge in [-0.25, -0.2) is 0 Å². The summed E-state index contributed by atoms with van der Waals surface area (Å²) in [4.78, 5) is 29.3. The maximum atomic E-state index is 13.8. The van der Waals surface area contributed by atoms with Crippen LogP contribution in [0.4, 0.5) is 0 Å². The zero-order valence-corrected chi connectivity index (χ0v) is 23.0. The van der Waals surface area contributed by atoms with Gasteiger partial charge in [-0.1, -0.05) is 91.0 Å². The molecule has 0 spiro atoms. The van der Waals surface area contributed by atoms with Crippen LogP contribution in [0.25, 0.3) is 0 Å². The Labute approximate surface area is 231 Å². The number of amides is 2. The summed E-state index contributed by atoms with van der Waals surface area (Å²) in [6, 6.07) is 22.8. The number of hydrogen-bond acceptors (Lipinski definition) is 3. The van der Waals surface area contributed by atoms with Crippen LogP contribution in [0.1, 0.15) is 54.4 Å². The average molecular weight is 533 g/mol. The Morgan fingerprint density at radius 3 is 2.39 bits per heavy atom. The lowest BCUT2D eigenvalue weighted by Crippen LogP contribution is -2.53. The SMILES string of the molecule is Cc1cccc(CN(C(=O)COc2ccc(Cl)c(C)c2)[C@@H](Cc2ccccc2)C(=O)NC2CCCCC2)c1. The Bertz CT molecular complexity index is 1220. The van der Waals surface area contributed by atoms with Crippen molar-refractivity contribution in [3.05, 3.63) is 100 Å². The monoisotopic (exact) mass is 532 g/mol. The molecule has 3 aromatic carbocycles. The normalized spacial score (nSPS) is 14.5. The van der Waals surface area contributed by atoms with Gasteiger partial charge in [-0.05, 0) is 61.6 Å². The molecular formula is C32H37ClN2O3. The molecule has 200 valence electrons. The largest absolute Gasteiger partial charge is 0.484 e. The zero-order chi connectivity index (χ0) is 26.9. The lowest BCUT2D eigenvalue weighted by Gasteiger charge is -2.33. The van der Waals surface area contributed by atoms with E-state index in [1.165, 1.54) is 6.42 Å². The number of nitrogens with one attached hydrogen (secondary N) is 1. The third-order valence-corrected chi connectivity index (χ3v) is 7.57. The Balaban J connectivity index is 1.61. The van der Waals surface area contributed by atoms with Crippen molar-refractivity contribution in [1.82, 2.24) is 10.2 Å². The van der Waals surface area contributed by atoms with Crippen LogP contribution in [0, 0.1) is 13.8 Å². The van der Waals surface area contributed by atoms with E-state index in [9.17, 15) is 9.59 Å². The minimum Gasteiger partial charge on any atom is -0.484 e. The molecule has 1 aliphatic rings. The molecule has 0 heterocycles. The second-order valence-electron chi connectivity index (χ2n) is 10.3. The lowest BCUT2D eigenvalue weighted by atomic mass is 9.94. The van der Waals surface area contributed by atoms with Crippen LogP contribution in [0.15, 0.2) is 72.8 Å². The molecule has 38 heavy (non-hydrogen) atoms. The highest BCUT2D eigenvalue weighted by Gasteiger charge is 2.32. The maximum Gasteiger partial charge on any atom is 0.261 e. The van der Waals surface area contributed by atoms with E-state index in [1.807, 2.05) is 68.4 Å². The Hall–Kier alpha value is -3.31. The third-order valence-electron chi connectivity index (χ3n) is 7.15. The molecule has 0 bridgehead atoms. The first kappa shape index (κ1) is 27.7. The molecule has 0 aromatic heterocycles. The molecule has 0 unspecified atom stereocenters. The van der Waals surface area contributed by atoms with Crippen LogP contribution >= 0.6 is 11.6 Å². The van der Waals surface area contributed by atoms with E-state index in [0.29, 0.717) is 23.7 Å². The smallest absolute Gasteiger partial charge is 0.261 e. The van der Waals surface area contributed by atoms with Gasteiger partial charge in [0.25, 0.3) is 5.91 Å². The highest BCUT2D eigenvalue weighted by atomic mass is 35.5. The number of rotatable bonds is 10. The summed E-state index contributed by atoms with van der Waals surface area (Å²) in [6.45, 7) is 4.07. The molecule has 1 aliphatic carbocycles. The fourth-order valence-corrected chi connectivity index (χ4v) is 5.16. The van der Waals surface area contributed by atoms with Crippen LogP contribution in [-0.4, -0.2) is 35.4 Å². The predicted octanol–water partition coefficient (Wildman–Crippen LogP) is 6.42. The molecule has 3 aromatic rings. The molecule has 0 saturated heterocycles. The first-order valence-electron chi connectivity index (χ1n) is 13.5. The first-order valence-corrected chi connectivity index (χ1v) is 13.8. The Morgan fingerprint density at radius 1 is 0.947 bits per heavy atom. The molecule has 5 nitrogen and oxygen atoms in total. The number of ether oxygens (including phenoxy) is 1. The number of carbonyl (C=O) groups excluding carboxylic acids is 2. The fraction of sp³-hybridized carbons (Fsp3) is 0.375. The summed E-state index contributed by atoms with van der Waals surface area (Å²) < 4.78 is 5.89. The van der Waals surface area contributed by atoms with Crippen LogP contribution in [0.3, 0.4) is 0 Å². The number of nitrogens with zero attached hydrogens (tertiary/aromatic N) is 1. The maximum absolute atomic E-state index is 13.8. The summed E-state index contributed by atoms with van der Waals surface area (Å²) in [5, 5.41) is 3.92. The minimum atomic E-state index is -0.664. The van der Waals surface area contributed by atoms with E-state index in [-0.39, 0.29) is 24.5 Å². The van der Waals surface area contributed by atoms with Gasteiger partial charge < -0.3 is 15.0 Å². The van der Waals surface area contributed by atoms with Gasteiger partial charge >= 0.3 is 0 Å². The summed E-state index contributed by atoms with van der Waals surface area (Å²) >= 11 is 6.16. The van der Waals surface area contributed by atoms with E-state index in [2.05, 4.69) is 11.4 Å². The standard InChI is InChI=1S/C32H37ClN2O3/c1-23-10-9-13-26(18-23)21-35(31(36)22-38-28-16-17-29(33)24(2)19-28)30(20-25-11-5-3-6-12-25)32(37)34-27-14-7-4-8-15-27/h3,5-6,9-13,16-19,27,30H,4,7-8,14-15,20-22H2,1-2H3,(H,34,37)/t30-/m0/s1. The van der Waals surface area contributed by atoms with Crippen LogP contribution in [-0.2, 0) is 22.6 Å². The molecule has 2 amide bonds. The Kier molecular flexibility index (Phi) is 9.83. The number of aryl methyl sites for hydroxylation is 2. The van der Waals surface area contributed by atoms with Crippen molar-refractivity contribution >= 4 is 23.4 Å². The highest BCUT2D eigenvalue weighted by molar-refractivity contribution is 6.31. The van der Waals surface area contributed by atoms with Crippen molar-refractivity contribution in [3.63, 3.8) is 0 Å². The second kappa shape index (κ2) is 13.5. The van der Waals surface area contributed by atoms with Gasteiger partial charge in [-0.2, -0.15) is 0 Å². The van der Waals surface area contributed by atoms with Gasteiger partial charge in [0, 0.05) is 24.0 Å². The molecule has 6 heteroatoms. The molecule has 4 rings (SSSR count). The zero-order valence-electron chi connectivity index (χ0n) is 22.3. The molecule has 1 fully saturated rings. The van der Waals surface area contributed by atoms with Crippen molar-refractivity contribution < 1.29 is 14.3 Å². The Morgan fingerprint density at radius 2 is 1.68 bits per heavy atom. The highest BCUT2D eigenvalue weighted by Crippen LogP contribution is 2.23. The van der Waals surface area contributed by atoms with E-state index in [0.717, 1.165) is 47.9 Å². The molecule has 1 atom stereocenters. The molecule has 1 N–H and O–H groups in total. The molecule has 1 saturated carbocycles. The molecule has 0 radical (unpaired) electrons. The topological polar surface area (TPSA) is 58.6 Å². The lowest BCUT2D eigenvalue weighted by molar-refractivity contribution is -0.143. The average Bonchev–Trinajstić information content (AvgIpc) is 2.92. The minimum absolute atomic E-state index is 0.107. The van der Waals surface area contributed by atoms with Gasteiger partial charge in [0.05, 0.1) is 0 Å². The van der Waals surface area contributed by atoms with Crippen LogP contribution in [0.5, 0.6) is 5.75 Å². The van der Waals surface area contributed by atoms with Gasteiger partial charge in [0.2, 0.25) is 5.91 Å². The number of hydrogen-bond donors (Lipinski definition) is 1. The van der Waals surface area contributed by atoms with Crippen molar-refractivity contribution in [1.29, 1.82) is 0 Å². The summed E-state index contributed by atoms with van der Waals surface area (Å²) in [5.41, 5.74) is 3.97. The molecular weight excluding hydrogens is 496 g/mol. The quantitative estimate of drug-likeness (QED) is 0.327. The number of benzene rings is 3. The van der Waals surface area contributed by atoms with Crippen molar-refractivity contribution in [2.24, 2.45) is 0 Å². The third kappa shape index (κ3) is 7.84. The molecule has 0 aliphatic heterocycles. The summed E-state index contributed by atoms with van der Waals surface area (Å²) in [7, 11) is 0. The summed E-state index contributed by atoms with van der Waals surface area (Å²) in [6.07, 6.45) is 5.84. The second-order valence-corrected chi connectivity index (χ2v) is 10.7. The van der Waals surface area contributed by atoms with E-state index in [1.54, 1.807) is 17.0 Å². The predicted molar refractivity (Wildman–Crippen MR) is 152 cm³/mol. The summed E-state index contributed by atoms with van der Waals surface area (Å²) in [5.74, 6) is 0.227. The van der Waals surface area contributed by atoms with Crippen molar-refractivity contribution in [2.45, 2.75) is 71.0 Å². The fourth-order valence-electron chi connectivity index (χ4n) is 5.04. The number of halogens is 1. The van der Waals surface area contributed by atoms with E-state index >= 15 is 0 Å². The van der Waals surface area contributed by atoms with Crippen molar-refractivity contribution in [2.75, 3.05) is 6.61 Å². The van der Waals surface area contributed by atoms with Gasteiger partial charge in [0.15, 0.2) is 6.61 Å². The van der Waals surface area contributed by atoms with Gasteiger partial charge in [-0.15, -0.1) is 0 Å². The van der Waals surface area contributed by atoms with Gasteiger partial charge in [0.1, 0.15) is 11.8 Å². The van der Waals surface area contributed by atoms with Gasteiger partial charge in [-0.3, -0.25) is 9.59 Å². The number of carbonyl (C=O) groups is 2. The van der Waals surface area contributed by atoms with E-state index < -0.39 is 6.04 Å². The van der Waals surface area contributed by atoms with E-state index in [4.69, 9.17) is 16.3 Å². The van der Waals surface area contributed by atoms with Crippen molar-refractivity contribution in [3.8, 4) is 5.75 Å². The van der Waals surface area contributed by atoms with Crippen LogP contribution in [0.2, 0.25) is 5.02 Å². The first-order chi connectivity index (χ1) is 18.4.